The number of benzene rings is 1. The van der Waals surface area contributed by atoms with Gasteiger partial charge in [-0.2, -0.15) is 0 Å². The summed E-state index contributed by atoms with van der Waals surface area (Å²) in [7, 11) is -0.00413. The van der Waals surface area contributed by atoms with Gasteiger partial charge < -0.3 is 14.5 Å². The van der Waals surface area contributed by atoms with Crippen molar-refractivity contribution in [2.24, 2.45) is 7.05 Å². The van der Waals surface area contributed by atoms with Gasteiger partial charge in [-0.1, -0.05) is 11.3 Å². The van der Waals surface area contributed by atoms with Crippen LogP contribution in [-0.4, -0.2) is 73.5 Å². The number of aromatic nitrogens is 3. The molecule has 2 aromatic heterocycles. The van der Waals surface area contributed by atoms with Crippen LogP contribution in [0.2, 0.25) is 0 Å². The lowest BCUT2D eigenvalue weighted by Crippen LogP contribution is -2.48. The lowest BCUT2D eigenvalue weighted by atomic mass is 10.2. The van der Waals surface area contributed by atoms with E-state index in [2.05, 4.69) is 15.0 Å². The lowest BCUT2D eigenvalue weighted by molar-refractivity contribution is 0.0743. The highest BCUT2D eigenvalue weighted by Gasteiger charge is 2.27. The fraction of sp³-hybridized carbons (Fsp3) is 0.389. The molecule has 0 atom stereocenters. The molecule has 0 radical (unpaired) electrons. The zero-order valence-corrected chi connectivity index (χ0v) is 18.0. The number of thiazole rings is 1. The molecule has 1 fully saturated rings. The number of methoxy groups -OCH3 is 1. The van der Waals surface area contributed by atoms with Gasteiger partial charge in [0, 0.05) is 45.7 Å². The molecule has 0 N–H and O–H groups in total. The van der Waals surface area contributed by atoms with Gasteiger partial charge in [0.1, 0.15) is 5.56 Å². The topological polar surface area (TPSA) is 97.6 Å². The molecule has 1 amide bonds. The molecule has 1 aliphatic rings. The fourth-order valence-corrected chi connectivity index (χ4v) is 5.07. The van der Waals surface area contributed by atoms with E-state index in [0.717, 1.165) is 15.3 Å². The SMILES string of the molecule is COc1nn(C)cc1C(=O)N1CCN(c2nc3ccc(S(C)(=O)=O)cc3s2)CC1. The van der Waals surface area contributed by atoms with Gasteiger partial charge in [0.25, 0.3) is 5.91 Å². The molecular weight excluding hydrogens is 414 g/mol. The quantitative estimate of drug-likeness (QED) is 0.611. The van der Waals surface area contributed by atoms with Crippen LogP contribution in [0.1, 0.15) is 10.4 Å². The van der Waals surface area contributed by atoms with E-state index in [1.54, 1.807) is 41.0 Å². The number of piperazine rings is 1. The molecule has 29 heavy (non-hydrogen) atoms. The van der Waals surface area contributed by atoms with Gasteiger partial charge in [-0.25, -0.2) is 13.4 Å². The Morgan fingerprint density at radius 1 is 1.21 bits per heavy atom. The van der Waals surface area contributed by atoms with Crippen LogP contribution >= 0.6 is 11.3 Å². The minimum Gasteiger partial charge on any atom is -0.479 e. The first-order chi connectivity index (χ1) is 13.8. The van der Waals surface area contributed by atoms with E-state index in [0.29, 0.717) is 42.5 Å². The fourth-order valence-electron chi connectivity index (χ4n) is 3.30. The van der Waals surface area contributed by atoms with Crippen molar-refractivity contribution < 1.29 is 17.9 Å². The predicted molar refractivity (Wildman–Crippen MR) is 111 cm³/mol. The third-order valence-electron chi connectivity index (χ3n) is 4.83. The van der Waals surface area contributed by atoms with Gasteiger partial charge >= 0.3 is 0 Å². The van der Waals surface area contributed by atoms with Crippen LogP contribution in [0.3, 0.4) is 0 Å². The lowest BCUT2D eigenvalue weighted by Gasteiger charge is -2.34. The third-order valence-corrected chi connectivity index (χ3v) is 7.02. The minimum atomic E-state index is -3.25. The molecule has 1 aliphatic heterocycles. The van der Waals surface area contributed by atoms with Crippen LogP contribution in [0.25, 0.3) is 10.2 Å². The zero-order chi connectivity index (χ0) is 20.8. The smallest absolute Gasteiger partial charge is 0.261 e. The molecule has 0 saturated carbocycles. The summed E-state index contributed by atoms with van der Waals surface area (Å²) in [5.74, 6) is 0.226. The second kappa shape index (κ2) is 7.30. The van der Waals surface area contributed by atoms with Crippen LogP contribution in [0, 0.1) is 0 Å². The average Bonchev–Trinajstić information content (AvgIpc) is 3.29. The Bertz CT molecular complexity index is 1180. The van der Waals surface area contributed by atoms with E-state index in [4.69, 9.17) is 4.74 Å². The summed E-state index contributed by atoms with van der Waals surface area (Å²) in [5.41, 5.74) is 1.23. The summed E-state index contributed by atoms with van der Waals surface area (Å²) >= 11 is 1.46. The predicted octanol–water partition coefficient (Wildman–Crippen LogP) is 1.40. The maximum absolute atomic E-state index is 12.8. The van der Waals surface area contributed by atoms with E-state index in [1.165, 1.54) is 24.7 Å². The van der Waals surface area contributed by atoms with E-state index < -0.39 is 9.84 Å². The minimum absolute atomic E-state index is 0.100. The number of hydrogen-bond donors (Lipinski definition) is 0. The van der Waals surface area contributed by atoms with Crippen molar-refractivity contribution in [3.05, 3.63) is 30.0 Å². The molecule has 1 saturated heterocycles. The van der Waals surface area contributed by atoms with Crippen LogP contribution in [0.4, 0.5) is 5.13 Å². The number of ether oxygens (including phenoxy) is 1. The van der Waals surface area contributed by atoms with Crippen molar-refractivity contribution in [1.82, 2.24) is 19.7 Å². The van der Waals surface area contributed by atoms with Crippen molar-refractivity contribution in [2.45, 2.75) is 4.90 Å². The van der Waals surface area contributed by atoms with Gasteiger partial charge in [0.15, 0.2) is 15.0 Å². The van der Waals surface area contributed by atoms with Gasteiger partial charge in [-0.05, 0) is 18.2 Å². The maximum Gasteiger partial charge on any atom is 0.261 e. The first-order valence-electron chi connectivity index (χ1n) is 8.99. The highest BCUT2D eigenvalue weighted by Crippen LogP contribution is 2.31. The Morgan fingerprint density at radius 3 is 2.59 bits per heavy atom. The molecule has 4 rings (SSSR count). The van der Waals surface area contributed by atoms with Crippen molar-refractivity contribution in [1.29, 1.82) is 0 Å². The van der Waals surface area contributed by atoms with Gasteiger partial charge in [0.2, 0.25) is 5.88 Å². The highest BCUT2D eigenvalue weighted by atomic mass is 32.2. The molecule has 0 aliphatic carbocycles. The standard InChI is InChI=1S/C18H21N5O4S2/c1-21-11-13(16(20-21)27-2)17(24)22-6-8-23(9-7-22)18-19-14-5-4-12(29(3,25)26)10-15(14)28-18/h4-5,10-11H,6-9H2,1-3H3. The summed E-state index contributed by atoms with van der Waals surface area (Å²) in [5, 5.41) is 4.97. The number of carbonyl (C=O) groups excluding carboxylic acids is 1. The van der Waals surface area contributed by atoms with Crippen LogP contribution in [0.15, 0.2) is 29.3 Å². The van der Waals surface area contributed by atoms with E-state index in [1.807, 2.05) is 0 Å². The van der Waals surface area contributed by atoms with Crippen molar-refractivity contribution in [3.8, 4) is 5.88 Å². The summed E-state index contributed by atoms with van der Waals surface area (Å²) < 4.78 is 31.1. The Morgan fingerprint density at radius 2 is 1.93 bits per heavy atom. The summed E-state index contributed by atoms with van der Waals surface area (Å²) in [4.78, 5) is 21.6. The largest absolute Gasteiger partial charge is 0.479 e. The molecule has 3 heterocycles. The maximum atomic E-state index is 12.8. The number of carbonyl (C=O) groups is 1. The van der Waals surface area contributed by atoms with Crippen LogP contribution in [-0.2, 0) is 16.9 Å². The highest BCUT2D eigenvalue weighted by molar-refractivity contribution is 7.90. The number of fused-ring (bicyclic) bond motifs is 1. The van der Waals surface area contributed by atoms with Gasteiger partial charge in [0.05, 0.1) is 22.2 Å². The Hall–Kier alpha value is -2.66. The number of hydrogen-bond acceptors (Lipinski definition) is 8. The van der Waals surface area contributed by atoms with Crippen LogP contribution in [0.5, 0.6) is 5.88 Å². The molecule has 0 bridgehead atoms. The Balaban J connectivity index is 1.48. The molecule has 1 aromatic carbocycles. The number of anilines is 1. The van der Waals surface area contributed by atoms with Crippen LogP contribution < -0.4 is 9.64 Å². The summed E-state index contributed by atoms with van der Waals surface area (Å²) in [6.45, 7) is 2.41. The first-order valence-corrected chi connectivity index (χ1v) is 11.7. The number of aryl methyl sites for hydroxylation is 1. The number of sulfone groups is 1. The zero-order valence-electron chi connectivity index (χ0n) is 16.3. The molecule has 9 nitrogen and oxygen atoms in total. The second-order valence-electron chi connectivity index (χ2n) is 6.90. The summed E-state index contributed by atoms with van der Waals surface area (Å²) in [6.07, 6.45) is 2.87. The van der Waals surface area contributed by atoms with Gasteiger partial charge in [-0.15, -0.1) is 5.10 Å². The van der Waals surface area contributed by atoms with Gasteiger partial charge in [-0.3, -0.25) is 9.48 Å². The molecule has 154 valence electrons. The molecular formula is C18H21N5O4S2. The van der Waals surface area contributed by atoms with E-state index in [9.17, 15) is 13.2 Å². The third kappa shape index (κ3) is 3.79. The Labute approximate surface area is 172 Å². The van der Waals surface area contributed by atoms with Crippen molar-refractivity contribution >= 4 is 42.4 Å². The number of rotatable bonds is 4. The van der Waals surface area contributed by atoms with Crippen molar-refractivity contribution in [2.75, 3.05) is 44.4 Å². The molecule has 0 unspecified atom stereocenters. The number of nitrogens with zero attached hydrogens (tertiary/aromatic N) is 5. The summed E-state index contributed by atoms with van der Waals surface area (Å²) in [6, 6.07) is 4.99. The molecule has 3 aromatic rings. The molecule has 11 heteroatoms. The molecule has 0 spiro atoms. The average molecular weight is 436 g/mol. The Kier molecular flexibility index (Phi) is 4.95. The van der Waals surface area contributed by atoms with E-state index >= 15 is 0 Å². The number of amides is 1. The van der Waals surface area contributed by atoms with Crippen molar-refractivity contribution in [3.63, 3.8) is 0 Å². The second-order valence-corrected chi connectivity index (χ2v) is 9.93. The normalized spacial score (nSPS) is 15.1. The van der Waals surface area contributed by atoms with E-state index in [-0.39, 0.29) is 5.91 Å². The first kappa shape index (κ1) is 19.6. The monoisotopic (exact) mass is 435 g/mol.